The van der Waals surface area contributed by atoms with Crippen LogP contribution in [0.5, 0.6) is 0 Å². The summed E-state index contributed by atoms with van der Waals surface area (Å²) in [5.74, 6) is 2.59. The molecule has 0 atom stereocenters. The second-order valence-electron chi connectivity index (χ2n) is 8.11. The van der Waals surface area contributed by atoms with Gasteiger partial charge in [-0.05, 0) is 60.7 Å². The van der Waals surface area contributed by atoms with Crippen molar-refractivity contribution in [3.8, 4) is 12.3 Å². The zero-order valence-corrected chi connectivity index (χ0v) is 19.7. The molecule has 0 radical (unpaired) electrons. The molecule has 1 aromatic heterocycles. The molecule has 0 spiro atoms. The summed E-state index contributed by atoms with van der Waals surface area (Å²) in [4.78, 5) is 17.9. The highest BCUT2D eigenvalue weighted by molar-refractivity contribution is 7.89. The van der Waals surface area contributed by atoms with E-state index in [1.54, 1.807) is 0 Å². The molecule has 0 saturated carbocycles. The van der Waals surface area contributed by atoms with Gasteiger partial charge in [-0.15, -0.1) is 6.42 Å². The van der Waals surface area contributed by atoms with Crippen LogP contribution in [0, 0.1) is 12.3 Å². The highest BCUT2D eigenvalue weighted by Crippen LogP contribution is 2.24. The molecule has 0 aliphatic carbocycles. The van der Waals surface area contributed by atoms with Crippen LogP contribution in [0.15, 0.2) is 52.4 Å². The topological polar surface area (TPSA) is 71.7 Å². The molecule has 0 N–H and O–H groups in total. The molecule has 166 valence electrons. The summed E-state index contributed by atoms with van der Waals surface area (Å²) in [5.41, 5.74) is 2.48. The van der Waals surface area contributed by atoms with Crippen molar-refractivity contribution in [3.05, 3.63) is 58.4 Å². The summed E-state index contributed by atoms with van der Waals surface area (Å²) in [6.07, 6.45) is 7.31. The number of terminal acetylenes is 1. The Kier molecular flexibility index (Phi) is 6.33. The molecule has 8 heteroatoms. The lowest BCUT2D eigenvalue weighted by Gasteiger charge is -2.15. The van der Waals surface area contributed by atoms with Gasteiger partial charge >= 0.3 is 0 Å². The van der Waals surface area contributed by atoms with Crippen LogP contribution in [-0.2, 0) is 16.6 Å². The molecule has 0 bridgehead atoms. The molecule has 0 unspecified atom stereocenters. The molecular formula is C24H25N3O3S2. The van der Waals surface area contributed by atoms with E-state index >= 15 is 0 Å². The Morgan fingerprint density at radius 2 is 1.84 bits per heavy atom. The summed E-state index contributed by atoms with van der Waals surface area (Å²) >= 11 is 1.42. The smallest absolute Gasteiger partial charge is 0.279 e. The minimum absolute atomic E-state index is 0.196. The first kappa shape index (κ1) is 22.5. The van der Waals surface area contributed by atoms with Gasteiger partial charge in [0, 0.05) is 18.7 Å². The van der Waals surface area contributed by atoms with E-state index in [0.717, 1.165) is 23.1 Å². The third-order valence-corrected chi connectivity index (χ3v) is 8.58. The van der Waals surface area contributed by atoms with E-state index < -0.39 is 15.9 Å². The van der Waals surface area contributed by atoms with Crippen molar-refractivity contribution in [1.29, 1.82) is 0 Å². The Morgan fingerprint density at radius 1 is 1.16 bits per heavy atom. The standard InChI is InChI=1S/C24H25N3O3S2/c1-4-13-27-21-12-9-19(17(2)3)16-22(21)31-24(27)25-23(28)18-7-10-20(11-8-18)32(29,30)26-14-5-6-15-26/h1,7-12,16-17H,5-6,13-15H2,2-3H3. The van der Waals surface area contributed by atoms with Crippen LogP contribution >= 0.6 is 11.3 Å². The monoisotopic (exact) mass is 467 g/mol. The lowest BCUT2D eigenvalue weighted by molar-refractivity contribution is 0.0998. The van der Waals surface area contributed by atoms with Gasteiger partial charge in [-0.25, -0.2) is 8.42 Å². The van der Waals surface area contributed by atoms with Crippen LogP contribution in [-0.4, -0.2) is 36.3 Å². The van der Waals surface area contributed by atoms with Crippen molar-refractivity contribution in [1.82, 2.24) is 8.87 Å². The van der Waals surface area contributed by atoms with E-state index in [1.165, 1.54) is 45.5 Å². The van der Waals surface area contributed by atoms with Crippen LogP contribution in [0.3, 0.4) is 0 Å². The zero-order valence-electron chi connectivity index (χ0n) is 18.1. The molecule has 6 nitrogen and oxygen atoms in total. The molecular weight excluding hydrogens is 442 g/mol. The summed E-state index contributed by atoms with van der Waals surface area (Å²) in [6.45, 7) is 5.65. The van der Waals surface area contributed by atoms with E-state index in [9.17, 15) is 13.2 Å². The number of carbonyl (C=O) groups is 1. The fraction of sp³-hybridized carbons (Fsp3) is 0.333. The van der Waals surface area contributed by atoms with Crippen LogP contribution < -0.4 is 4.80 Å². The summed E-state index contributed by atoms with van der Waals surface area (Å²) in [5, 5.41) is 0. The Bertz CT molecular complexity index is 1370. The Labute approximate surface area is 192 Å². The Balaban J connectivity index is 1.68. The maximum absolute atomic E-state index is 12.9. The molecule has 2 heterocycles. The van der Waals surface area contributed by atoms with Gasteiger partial charge in [0.15, 0.2) is 4.80 Å². The van der Waals surface area contributed by atoms with Crippen molar-refractivity contribution in [3.63, 3.8) is 0 Å². The third kappa shape index (κ3) is 4.29. The van der Waals surface area contributed by atoms with Crippen molar-refractivity contribution >= 4 is 37.5 Å². The van der Waals surface area contributed by atoms with E-state index in [0.29, 0.717) is 35.9 Å². The zero-order chi connectivity index (χ0) is 22.9. The van der Waals surface area contributed by atoms with Crippen LogP contribution in [0.4, 0.5) is 0 Å². The number of rotatable bonds is 5. The normalized spacial score (nSPS) is 15.5. The van der Waals surface area contributed by atoms with E-state index in [-0.39, 0.29) is 4.90 Å². The van der Waals surface area contributed by atoms with Crippen LogP contribution in [0.25, 0.3) is 10.2 Å². The van der Waals surface area contributed by atoms with Crippen LogP contribution in [0.1, 0.15) is 48.5 Å². The predicted molar refractivity (Wildman–Crippen MR) is 127 cm³/mol. The van der Waals surface area contributed by atoms with Crippen molar-refractivity contribution in [2.45, 2.75) is 44.0 Å². The first-order valence-electron chi connectivity index (χ1n) is 10.6. The first-order valence-corrected chi connectivity index (χ1v) is 12.8. The lowest BCUT2D eigenvalue weighted by Crippen LogP contribution is -2.27. The number of thiazole rings is 1. The van der Waals surface area contributed by atoms with Gasteiger partial charge < -0.3 is 4.57 Å². The fourth-order valence-corrected chi connectivity index (χ4v) is 6.37. The summed E-state index contributed by atoms with van der Waals surface area (Å²) in [7, 11) is -3.52. The first-order chi connectivity index (χ1) is 15.3. The highest BCUT2D eigenvalue weighted by Gasteiger charge is 2.27. The number of amides is 1. The second kappa shape index (κ2) is 9.02. The van der Waals surface area contributed by atoms with E-state index in [4.69, 9.17) is 6.42 Å². The van der Waals surface area contributed by atoms with E-state index in [2.05, 4.69) is 36.9 Å². The maximum atomic E-state index is 12.9. The molecule has 1 fully saturated rings. The molecule has 1 amide bonds. The molecule has 32 heavy (non-hydrogen) atoms. The third-order valence-electron chi connectivity index (χ3n) is 5.62. The van der Waals surface area contributed by atoms with E-state index in [1.807, 2.05) is 10.6 Å². The molecule has 3 aromatic rings. The Morgan fingerprint density at radius 3 is 2.47 bits per heavy atom. The SMILES string of the molecule is C#CCn1c(=NC(=O)c2ccc(S(=O)(=O)N3CCCC3)cc2)sc2cc(C(C)C)ccc21. The maximum Gasteiger partial charge on any atom is 0.279 e. The number of fused-ring (bicyclic) bond motifs is 1. The minimum Gasteiger partial charge on any atom is -0.305 e. The number of sulfonamides is 1. The average molecular weight is 468 g/mol. The summed E-state index contributed by atoms with van der Waals surface area (Å²) < 4.78 is 29.7. The van der Waals surface area contributed by atoms with Gasteiger partial charge in [0.05, 0.1) is 21.7 Å². The molecule has 1 aliphatic rings. The van der Waals surface area contributed by atoms with Crippen molar-refractivity contribution in [2.24, 2.45) is 4.99 Å². The summed E-state index contributed by atoms with van der Waals surface area (Å²) in [6, 6.07) is 12.2. The number of aromatic nitrogens is 1. The molecule has 1 aliphatic heterocycles. The second-order valence-corrected chi connectivity index (χ2v) is 11.1. The van der Waals surface area contributed by atoms with Crippen LogP contribution in [0.2, 0.25) is 0 Å². The molecule has 1 saturated heterocycles. The fourth-order valence-electron chi connectivity index (χ4n) is 3.78. The lowest BCUT2D eigenvalue weighted by atomic mass is 10.0. The van der Waals surface area contributed by atoms with Gasteiger partial charge in [-0.3, -0.25) is 4.79 Å². The van der Waals surface area contributed by atoms with Gasteiger partial charge in [-0.1, -0.05) is 37.2 Å². The van der Waals surface area contributed by atoms with Gasteiger partial charge in [0.25, 0.3) is 5.91 Å². The van der Waals surface area contributed by atoms with Crippen molar-refractivity contribution < 1.29 is 13.2 Å². The number of hydrogen-bond donors (Lipinski definition) is 0. The van der Waals surface area contributed by atoms with Gasteiger partial charge in [0.1, 0.15) is 0 Å². The average Bonchev–Trinajstić information content (AvgIpc) is 3.43. The number of nitrogens with zero attached hydrogens (tertiary/aromatic N) is 3. The Hall–Kier alpha value is -2.73. The number of hydrogen-bond acceptors (Lipinski definition) is 4. The number of carbonyl (C=O) groups excluding carboxylic acids is 1. The minimum atomic E-state index is -3.52. The highest BCUT2D eigenvalue weighted by atomic mass is 32.2. The molecule has 2 aromatic carbocycles. The van der Waals surface area contributed by atoms with Crippen molar-refractivity contribution in [2.75, 3.05) is 13.1 Å². The molecule has 4 rings (SSSR count). The largest absolute Gasteiger partial charge is 0.305 e. The quantitative estimate of drug-likeness (QED) is 0.533. The number of benzene rings is 2. The predicted octanol–water partition coefficient (Wildman–Crippen LogP) is 3.99. The van der Waals surface area contributed by atoms with Gasteiger partial charge in [0.2, 0.25) is 10.0 Å². The van der Waals surface area contributed by atoms with Gasteiger partial charge in [-0.2, -0.15) is 9.30 Å².